The summed E-state index contributed by atoms with van der Waals surface area (Å²) >= 11 is 12.1. The summed E-state index contributed by atoms with van der Waals surface area (Å²) in [5, 5.41) is 4.34. The standard InChI is InChI=1S/C13H15Cl2NO/c1-3-5-6-17-13-10(9-16-4-2)7-11(14)8-12(13)15/h7-8,16H,4,6,9H2,1-2H3. The Hall–Kier alpha value is -0.880. The average molecular weight is 272 g/mol. The minimum absolute atomic E-state index is 0.330. The summed E-state index contributed by atoms with van der Waals surface area (Å²) in [5.74, 6) is 6.26. The lowest BCUT2D eigenvalue weighted by atomic mass is 10.2. The summed E-state index contributed by atoms with van der Waals surface area (Å²) < 4.78 is 5.56. The van der Waals surface area contributed by atoms with Crippen molar-refractivity contribution in [1.29, 1.82) is 0 Å². The predicted molar refractivity (Wildman–Crippen MR) is 72.8 cm³/mol. The van der Waals surface area contributed by atoms with E-state index in [1.807, 2.05) is 13.0 Å². The fourth-order valence-corrected chi connectivity index (χ4v) is 1.94. The van der Waals surface area contributed by atoms with E-state index < -0.39 is 0 Å². The zero-order valence-electron chi connectivity index (χ0n) is 9.94. The van der Waals surface area contributed by atoms with Gasteiger partial charge in [-0.2, -0.15) is 0 Å². The maximum Gasteiger partial charge on any atom is 0.149 e. The van der Waals surface area contributed by atoms with Gasteiger partial charge in [0.2, 0.25) is 0 Å². The van der Waals surface area contributed by atoms with Crippen molar-refractivity contribution in [2.45, 2.75) is 20.4 Å². The normalized spacial score (nSPS) is 9.65. The van der Waals surface area contributed by atoms with Gasteiger partial charge in [0.05, 0.1) is 5.02 Å². The van der Waals surface area contributed by atoms with E-state index in [0.29, 0.717) is 28.9 Å². The Morgan fingerprint density at radius 2 is 2.12 bits per heavy atom. The van der Waals surface area contributed by atoms with Gasteiger partial charge in [0.1, 0.15) is 12.4 Å². The van der Waals surface area contributed by atoms with Gasteiger partial charge in [0.15, 0.2) is 0 Å². The summed E-state index contributed by atoms with van der Waals surface area (Å²) in [7, 11) is 0. The molecular weight excluding hydrogens is 257 g/mol. The third-order valence-electron chi connectivity index (χ3n) is 2.12. The lowest BCUT2D eigenvalue weighted by molar-refractivity contribution is 0.365. The lowest BCUT2D eigenvalue weighted by Gasteiger charge is -2.12. The van der Waals surface area contributed by atoms with Crippen LogP contribution in [0.2, 0.25) is 10.0 Å². The Morgan fingerprint density at radius 3 is 2.76 bits per heavy atom. The van der Waals surface area contributed by atoms with Crippen LogP contribution in [0, 0.1) is 11.8 Å². The topological polar surface area (TPSA) is 21.3 Å². The van der Waals surface area contributed by atoms with Crippen molar-refractivity contribution in [2.75, 3.05) is 13.2 Å². The lowest BCUT2D eigenvalue weighted by Crippen LogP contribution is -2.13. The van der Waals surface area contributed by atoms with Crippen LogP contribution >= 0.6 is 23.2 Å². The Bertz CT molecular complexity index is 435. The molecule has 17 heavy (non-hydrogen) atoms. The van der Waals surface area contributed by atoms with E-state index in [1.165, 1.54) is 0 Å². The van der Waals surface area contributed by atoms with Crippen LogP contribution in [0.3, 0.4) is 0 Å². The number of rotatable bonds is 5. The van der Waals surface area contributed by atoms with E-state index in [0.717, 1.165) is 12.1 Å². The van der Waals surface area contributed by atoms with Crippen molar-refractivity contribution in [1.82, 2.24) is 5.32 Å². The second-order valence-electron chi connectivity index (χ2n) is 3.37. The molecule has 0 aromatic heterocycles. The molecule has 0 amide bonds. The van der Waals surface area contributed by atoms with Crippen molar-refractivity contribution in [3.63, 3.8) is 0 Å². The zero-order valence-corrected chi connectivity index (χ0v) is 11.5. The minimum Gasteiger partial charge on any atom is -0.479 e. The molecule has 0 aliphatic heterocycles. The molecule has 0 saturated heterocycles. The van der Waals surface area contributed by atoms with Crippen LogP contribution in [0.5, 0.6) is 5.75 Å². The Balaban J connectivity index is 2.92. The van der Waals surface area contributed by atoms with Crippen LogP contribution in [0.25, 0.3) is 0 Å². The first-order valence-corrected chi connectivity index (χ1v) is 6.15. The second-order valence-corrected chi connectivity index (χ2v) is 4.22. The second kappa shape index (κ2) is 7.45. The number of nitrogens with one attached hydrogen (secondary N) is 1. The van der Waals surface area contributed by atoms with Crippen LogP contribution in [0.15, 0.2) is 12.1 Å². The van der Waals surface area contributed by atoms with Crippen LogP contribution < -0.4 is 10.1 Å². The molecule has 0 saturated carbocycles. The molecule has 1 N–H and O–H groups in total. The molecule has 1 rings (SSSR count). The molecule has 2 nitrogen and oxygen atoms in total. The summed E-state index contributed by atoms with van der Waals surface area (Å²) in [4.78, 5) is 0. The van der Waals surface area contributed by atoms with Crippen LogP contribution in [0.4, 0.5) is 0 Å². The summed E-state index contributed by atoms with van der Waals surface area (Å²) in [5.41, 5.74) is 0.947. The maximum absolute atomic E-state index is 6.11. The van der Waals surface area contributed by atoms with Crippen molar-refractivity contribution in [2.24, 2.45) is 0 Å². The fourth-order valence-electron chi connectivity index (χ4n) is 1.35. The zero-order chi connectivity index (χ0) is 12.7. The molecule has 0 aliphatic rings. The van der Waals surface area contributed by atoms with Gasteiger partial charge in [-0.05, 0) is 25.6 Å². The molecular formula is C13H15Cl2NO. The highest BCUT2D eigenvalue weighted by Crippen LogP contribution is 2.32. The summed E-state index contributed by atoms with van der Waals surface area (Å²) in [6.07, 6.45) is 0. The largest absolute Gasteiger partial charge is 0.479 e. The highest BCUT2D eigenvalue weighted by atomic mass is 35.5. The smallest absolute Gasteiger partial charge is 0.149 e. The van der Waals surface area contributed by atoms with Gasteiger partial charge in [0.25, 0.3) is 0 Å². The van der Waals surface area contributed by atoms with E-state index >= 15 is 0 Å². The molecule has 92 valence electrons. The first-order chi connectivity index (χ1) is 8.19. The van der Waals surface area contributed by atoms with E-state index in [4.69, 9.17) is 27.9 Å². The summed E-state index contributed by atoms with van der Waals surface area (Å²) in [6, 6.07) is 3.53. The van der Waals surface area contributed by atoms with Gasteiger partial charge < -0.3 is 10.1 Å². The quantitative estimate of drug-likeness (QED) is 0.828. The van der Waals surface area contributed by atoms with Gasteiger partial charge in [-0.15, -0.1) is 5.92 Å². The highest BCUT2D eigenvalue weighted by Gasteiger charge is 2.10. The van der Waals surface area contributed by atoms with Gasteiger partial charge >= 0.3 is 0 Å². The molecule has 1 aromatic carbocycles. The van der Waals surface area contributed by atoms with Crippen LogP contribution in [-0.4, -0.2) is 13.2 Å². The molecule has 0 unspecified atom stereocenters. The highest BCUT2D eigenvalue weighted by molar-refractivity contribution is 6.35. The van der Waals surface area contributed by atoms with Gasteiger partial charge in [-0.3, -0.25) is 0 Å². The van der Waals surface area contributed by atoms with Crippen molar-refractivity contribution < 1.29 is 4.74 Å². The number of hydrogen-bond donors (Lipinski definition) is 1. The number of ether oxygens (including phenoxy) is 1. The van der Waals surface area contributed by atoms with Crippen molar-refractivity contribution in [3.8, 4) is 17.6 Å². The van der Waals surface area contributed by atoms with E-state index in [1.54, 1.807) is 13.0 Å². The number of halogens is 2. The Kier molecular flexibility index (Phi) is 6.21. The monoisotopic (exact) mass is 271 g/mol. The molecule has 0 aliphatic carbocycles. The van der Waals surface area contributed by atoms with E-state index in [2.05, 4.69) is 17.2 Å². The molecule has 0 fully saturated rings. The molecule has 0 bridgehead atoms. The Labute approximate surface area is 112 Å². The van der Waals surface area contributed by atoms with E-state index in [-0.39, 0.29) is 0 Å². The Morgan fingerprint density at radius 1 is 1.35 bits per heavy atom. The van der Waals surface area contributed by atoms with Gasteiger partial charge in [0, 0.05) is 17.1 Å². The van der Waals surface area contributed by atoms with Crippen LogP contribution in [-0.2, 0) is 6.54 Å². The van der Waals surface area contributed by atoms with Crippen LogP contribution in [0.1, 0.15) is 19.4 Å². The molecule has 0 atom stereocenters. The van der Waals surface area contributed by atoms with Gasteiger partial charge in [-0.1, -0.05) is 36.0 Å². The number of hydrogen-bond acceptors (Lipinski definition) is 2. The first kappa shape index (κ1) is 14.2. The van der Waals surface area contributed by atoms with Crippen molar-refractivity contribution in [3.05, 3.63) is 27.7 Å². The average Bonchev–Trinajstić information content (AvgIpc) is 2.29. The minimum atomic E-state index is 0.330. The van der Waals surface area contributed by atoms with Gasteiger partial charge in [-0.25, -0.2) is 0 Å². The SMILES string of the molecule is CC#CCOc1c(Cl)cc(Cl)cc1CNCC. The molecule has 0 radical (unpaired) electrons. The van der Waals surface area contributed by atoms with E-state index in [9.17, 15) is 0 Å². The molecule has 4 heteroatoms. The first-order valence-electron chi connectivity index (χ1n) is 5.40. The number of benzene rings is 1. The maximum atomic E-state index is 6.11. The third kappa shape index (κ3) is 4.47. The van der Waals surface area contributed by atoms with Crippen molar-refractivity contribution >= 4 is 23.2 Å². The third-order valence-corrected chi connectivity index (χ3v) is 2.62. The molecule has 0 heterocycles. The fraction of sp³-hybridized carbons (Fsp3) is 0.385. The summed E-state index contributed by atoms with van der Waals surface area (Å²) in [6.45, 7) is 5.68. The molecule has 0 spiro atoms. The molecule has 1 aromatic rings. The predicted octanol–water partition coefficient (Wildman–Crippen LogP) is 3.51.